The first-order valence-corrected chi connectivity index (χ1v) is 3.11. The minimum atomic E-state index is 0.140. The predicted molar refractivity (Wildman–Crippen MR) is 40.8 cm³/mol. The molecule has 0 aliphatic carbocycles. The summed E-state index contributed by atoms with van der Waals surface area (Å²) in [7, 11) is 1.81. The molecule has 0 aromatic carbocycles. The summed E-state index contributed by atoms with van der Waals surface area (Å²) >= 11 is 0. The van der Waals surface area contributed by atoms with Crippen LogP contribution in [0.25, 0.3) is 0 Å². The summed E-state index contributed by atoms with van der Waals surface area (Å²) in [5.41, 5.74) is 0.140. The standard InChI is InChI=1S/C7H11N3/c1-10-5-3-2-4-7(9)6-8/h3,5,9-10H,2,4H2,1H3/b5-3-,9-7?. The van der Waals surface area contributed by atoms with Crippen molar-refractivity contribution in [3.05, 3.63) is 12.3 Å². The van der Waals surface area contributed by atoms with Gasteiger partial charge in [0.15, 0.2) is 0 Å². The van der Waals surface area contributed by atoms with Crippen molar-refractivity contribution >= 4 is 5.71 Å². The highest BCUT2D eigenvalue weighted by Crippen LogP contribution is 1.90. The van der Waals surface area contributed by atoms with E-state index in [1.54, 1.807) is 12.3 Å². The molecule has 0 fully saturated rings. The van der Waals surface area contributed by atoms with Crippen LogP contribution in [0.5, 0.6) is 0 Å². The number of nitrogens with one attached hydrogen (secondary N) is 2. The SMILES string of the molecule is CN/C=C\CCC(=N)C#N. The maximum Gasteiger partial charge on any atom is 0.114 e. The van der Waals surface area contributed by atoms with Crippen molar-refractivity contribution in [2.75, 3.05) is 7.05 Å². The van der Waals surface area contributed by atoms with Crippen molar-refractivity contribution in [3.8, 4) is 6.07 Å². The van der Waals surface area contributed by atoms with Crippen molar-refractivity contribution in [2.24, 2.45) is 0 Å². The molecule has 3 heteroatoms. The Kier molecular flexibility index (Phi) is 5.07. The van der Waals surface area contributed by atoms with E-state index in [1.165, 1.54) is 0 Å². The zero-order chi connectivity index (χ0) is 7.82. The van der Waals surface area contributed by atoms with Crippen LogP contribution in [0.1, 0.15) is 12.8 Å². The average molecular weight is 137 g/mol. The lowest BCUT2D eigenvalue weighted by Crippen LogP contribution is -1.93. The lowest BCUT2D eigenvalue weighted by molar-refractivity contribution is 1.04. The van der Waals surface area contributed by atoms with Gasteiger partial charge in [0.25, 0.3) is 0 Å². The maximum absolute atomic E-state index is 8.18. The van der Waals surface area contributed by atoms with Gasteiger partial charge in [-0.3, -0.25) is 5.41 Å². The summed E-state index contributed by atoms with van der Waals surface area (Å²) in [4.78, 5) is 0. The largest absolute Gasteiger partial charge is 0.394 e. The van der Waals surface area contributed by atoms with Gasteiger partial charge in [0.2, 0.25) is 0 Å². The summed E-state index contributed by atoms with van der Waals surface area (Å²) < 4.78 is 0. The Bertz CT molecular complexity index is 164. The Hall–Kier alpha value is -1.30. The summed E-state index contributed by atoms with van der Waals surface area (Å²) in [6.07, 6.45) is 4.98. The number of nitrogens with zero attached hydrogens (tertiary/aromatic N) is 1. The van der Waals surface area contributed by atoms with Crippen molar-refractivity contribution in [2.45, 2.75) is 12.8 Å². The van der Waals surface area contributed by atoms with Crippen molar-refractivity contribution < 1.29 is 0 Å². The fourth-order valence-electron chi connectivity index (χ4n) is 0.485. The fourth-order valence-corrected chi connectivity index (χ4v) is 0.485. The van der Waals surface area contributed by atoms with E-state index in [0.29, 0.717) is 6.42 Å². The molecule has 0 aromatic heterocycles. The van der Waals surface area contributed by atoms with Gasteiger partial charge in [-0.1, -0.05) is 6.08 Å². The average Bonchev–Trinajstić information content (AvgIpc) is 1.98. The van der Waals surface area contributed by atoms with Crippen molar-refractivity contribution in [3.63, 3.8) is 0 Å². The topological polar surface area (TPSA) is 59.7 Å². The van der Waals surface area contributed by atoms with E-state index in [-0.39, 0.29) is 5.71 Å². The van der Waals surface area contributed by atoms with Crippen LogP contribution in [-0.2, 0) is 0 Å². The van der Waals surface area contributed by atoms with Gasteiger partial charge < -0.3 is 5.32 Å². The third-order valence-electron chi connectivity index (χ3n) is 0.980. The number of nitriles is 1. The van der Waals surface area contributed by atoms with Crippen LogP contribution in [0.4, 0.5) is 0 Å². The zero-order valence-corrected chi connectivity index (χ0v) is 6.02. The predicted octanol–water partition coefficient (Wildman–Crippen LogP) is 1.04. The second kappa shape index (κ2) is 5.83. The summed E-state index contributed by atoms with van der Waals surface area (Å²) in [6.45, 7) is 0. The highest BCUT2D eigenvalue weighted by molar-refractivity contribution is 5.95. The van der Waals surface area contributed by atoms with Crippen LogP contribution in [0.2, 0.25) is 0 Å². The smallest absolute Gasteiger partial charge is 0.114 e. The van der Waals surface area contributed by atoms with Gasteiger partial charge in [-0.2, -0.15) is 5.26 Å². The van der Waals surface area contributed by atoms with Gasteiger partial charge >= 0.3 is 0 Å². The molecule has 2 N–H and O–H groups in total. The van der Waals surface area contributed by atoms with E-state index in [1.807, 2.05) is 13.1 Å². The molecule has 0 aliphatic heterocycles. The second-order valence-corrected chi connectivity index (χ2v) is 1.82. The molecule has 54 valence electrons. The van der Waals surface area contributed by atoms with E-state index in [0.717, 1.165) is 6.42 Å². The quantitative estimate of drug-likeness (QED) is 0.569. The molecule has 0 heterocycles. The molecule has 0 saturated heterocycles. The Morgan fingerprint density at radius 1 is 1.80 bits per heavy atom. The molecule has 0 spiro atoms. The van der Waals surface area contributed by atoms with Crippen molar-refractivity contribution in [1.82, 2.24) is 5.32 Å². The van der Waals surface area contributed by atoms with E-state index < -0.39 is 0 Å². The van der Waals surface area contributed by atoms with Crippen LogP contribution in [0.15, 0.2) is 12.3 Å². The van der Waals surface area contributed by atoms with Crippen LogP contribution >= 0.6 is 0 Å². The van der Waals surface area contributed by atoms with Crippen LogP contribution in [-0.4, -0.2) is 12.8 Å². The summed E-state index contributed by atoms with van der Waals surface area (Å²) in [5, 5.41) is 18.0. The molecule has 0 bridgehead atoms. The Morgan fingerprint density at radius 2 is 2.50 bits per heavy atom. The lowest BCUT2D eigenvalue weighted by atomic mass is 10.2. The van der Waals surface area contributed by atoms with Gasteiger partial charge in [-0.25, -0.2) is 0 Å². The molecule has 3 nitrogen and oxygen atoms in total. The maximum atomic E-state index is 8.18. The third kappa shape index (κ3) is 4.85. The summed E-state index contributed by atoms with van der Waals surface area (Å²) in [5.74, 6) is 0. The molecule has 0 amide bonds. The highest BCUT2D eigenvalue weighted by atomic mass is 14.8. The number of allylic oxidation sites excluding steroid dienone is 1. The monoisotopic (exact) mass is 137 g/mol. The number of hydrogen-bond donors (Lipinski definition) is 2. The molecule has 0 aromatic rings. The molecule has 0 atom stereocenters. The number of rotatable bonds is 4. The van der Waals surface area contributed by atoms with E-state index in [2.05, 4.69) is 5.32 Å². The van der Waals surface area contributed by atoms with Gasteiger partial charge in [0.05, 0.1) is 0 Å². The first kappa shape index (κ1) is 8.70. The van der Waals surface area contributed by atoms with Crippen molar-refractivity contribution in [1.29, 1.82) is 10.7 Å². The Balaban J connectivity index is 3.30. The minimum absolute atomic E-state index is 0.140. The van der Waals surface area contributed by atoms with E-state index in [4.69, 9.17) is 10.7 Å². The van der Waals surface area contributed by atoms with Gasteiger partial charge in [-0.05, 0) is 12.6 Å². The van der Waals surface area contributed by atoms with Crippen LogP contribution < -0.4 is 5.32 Å². The third-order valence-corrected chi connectivity index (χ3v) is 0.980. The van der Waals surface area contributed by atoms with Gasteiger partial charge in [-0.15, -0.1) is 0 Å². The minimum Gasteiger partial charge on any atom is -0.394 e. The first-order valence-electron chi connectivity index (χ1n) is 3.11. The van der Waals surface area contributed by atoms with Crippen LogP contribution in [0, 0.1) is 16.7 Å². The molecule has 0 unspecified atom stereocenters. The Labute approximate surface area is 60.9 Å². The number of hydrogen-bond acceptors (Lipinski definition) is 3. The summed E-state index contributed by atoms with van der Waals surface area (Å²) in [6, 6.07) is 1.77. The van der Waals surface area contributed by atoms with Crippen LogP contribution in [0.3, 0.4) is 0 Å². The molecule has 10 heavy (non-hydrogen) atoms. The normalized spacial score (nSPS) is 9.20. The molecule has 0 aliphatic rings. The second-order valence-electron chi connectivity index (χ2n) is 1.82. The van der Waals surface area contributed by atoms with E-state index in [9.17, 15) is 0 Å². The molecular weight excluding hydrogens is 126 g/mol. The molecule has 0 radical (unpaired) electrons. The zero-order valence-electron chi connectivity index (χ0n) is 6.02. The molecular formula is C7H11N3. The highest BCUT2D eigenvalue weighted by Gasteiger charge is 1.88. The molecule has 0 saturated carbocycles. The lowest BCUT2D eigenvalue weighted by Gasteiger charge is -1.88. The first-order chi connectivity index (χ1) is 4.81. The van der Waals surface area contributed by atoms with E-state index >= 15 is 0 Å². The fraction of sp³-hybridized carbons (Fsp3) is 0.429. The Morgan fingerprint density at radius 3 is 3.00 bits per heavy atom. The molecule has 0 rings (SSSR count). The van der Waals surface area contributed by atoms with Gasteiger partial charge in [0.1, 0.15) is 11.8 Å². The van der Waals surface area contributed by atoms with Gasteiger partial charge in [0, 0.05) is 13.5 Å².